The summed E-state index contributed by atoms with van der Waals surface area (Å²) in [4.78, 5) is 28.9. The van der Waals surface area contributed by atoms with Crippen molar-refractivity contribution in [3.05, 3.63) is 0 Å². The van der Waals surface area contributed by atoms with Gasteiger partial charge in [-0.1, -0.05) is 0 Å². The number of amides is 2. The zero-order valence-electron chi connectivity index (χ0n) is 19.1. The highest BCUT2D eigenvalue weighted by atomic mass is 33.1. The van der Waals surface area contributed by atoms with E-state index in [4.69, 9.17) is 18.8 Å². The number of ether oxygens (including phenoxy) is 3. The molecule has 10 nitrogen and oxygen atoms in total. The number of hydrogen-bond donors (Lipinski definition) is 1. The van der Waals surface area contributed by atoms with Crippen LogP contribution in [0.3, 0.4) is 0 Å². The number of rotatable bonds is 19. The van der Waals surface area contributed by atoms with Gasteiger partial charge in [-0.3, -0.25) is 14.1 Å². The van der Waals surface area contributed by atoms with Crippen LogP contribution in [0.1, 0.15) is 34.1 Å². The lowest BCUT2D eigenvalue weighted by Crippen LogP contribution is -2.45. The van der Waals surface area contributed by atoms with Gasteiger partial charge < -0.3 is 24.0 Å². The van der Waals surface area contributed by atoms with E-state index in [2.05, 4.69) is 0 Å². The predicted molar refractivity (Wildman–Crippen MR) is 120 cm³/mol. The summed E-state index contributed by atoms with van der Waals surface area (Å²) in [6.07, 6.45) is 0.319. The van der Waals surface area contributed by atoms with Gasteiger partial charge in [0.15, 0.2) is 0 Å². The zero-order chi connectivity index (χ0) is 23.7. The fourth-order valence-electron chi connectivity index (χ4n) is 2.81. The molecule has 1 N–H and O–H groups in total. The van der Waals surface area contributed by atoms with E-state index in [0.29, 0.717) is 69.8 Å². The van der Waals surface area contributed by atoms with Crippen LogP contribution in [0, 0.1) is 5.92 Å². The summed E-state index contributed by atoms with van der Waals surface area (Å²) >= 11 is 0. The molecule has 0 aliphatic rings. The molecular formula is C19H38N2O8S2. The van der Waals surface area contributed by atoms with E-state index in [-0.39, 0.29) is 30.8 Å². The van der Waals surface area contributed by atoms with Crippen molar-refractivity contribution in [1.82, 2.24) is 9.80 Å². The molecular weight excluding hydrogens is 448 g/mol. The van der Waals surface area contributed by atoms with Gasteiger partial charge in [-0.2, -0.15) is 8.42 Å². The first-order chi connectivity index (χ1) is 14.7. The zero-order valence-corrected chi connectivity index (χ0v) is 20.7. The van der Waals surface area contributed by atoms with Gasteiger partial charge in [0.05, 0.1) is 33.0 Å². The van der Waals surface area contributed by atoms with Crippen LogP contribution >= 0.6 is 10.8 Å². The molecule has 0 spiro atoms. The maximum absolute atomic E-state index is 12.8. The van der Waals surface area contributed by atoms with E-state index in [1.165, 1.54) is 0 Å². The highest BCUT2D eigenvalue weighted by molar-refractivity contribution is 8.69. The lowest BCUT2D eigenvalue weighted by molar-refractivity contribution is -0.148. The Bertz CT molecular complexity index is 572. The molecule has 0 aromatic rings. The molecule has 0 atom stereocenters. The first kappa shape index (κ1) is 30.1. The summed E-state index contributed by atoms with van der Waals surface area (Å²) in [5.41, 5.74) is 0. The molecule has 0 saturated heterocycles. The third-order valence-corrected chi connectivity index (χ3v) is 6.53. The molecule has 0 aliphatic heterocycles. The molecule has 2 amide bonds. The van der Waals surface area contributed by atoms with Gasteiger partial charge in [0.1, 0.15) is 5.92 Å². The Kier molecular flexibility index (Phi) is 17.1. The van der Waals surface area contributed by atoms with E-state index in [1.54, 1.807) is 9.80 Å². The van der Waals surface area contributed by atoms with E-state index in [1.807, 2.05) is 27.7 Å². The Balaban J connectivity index is 4.17. The molecule has 0 aromatic heterocycles. The lowest BCUT2D eigenvalue weighted by atomic mass is 10.0. The lowest BCUT2D eigenvalue weighted by Gasteiger charge is -2.28. The van der Waals surface area contributed by atoms with Gasteiger partial charge >= 0.3 is 9.15 Å². The minimum absolute atomic E-state index is 0.140. The Labute approximate surface area is 190 Å². The SMILES string of the molecule is CCN(CC)C(=O)C(CCOCCOCCOCCSS(=O)(=O)O)C(=O)N(CC)CC. The molecule has 0 rings (SSSR count). The van der Waals surface area contributed by atoms with Gasteiger partial charge in [-0.05, 0) is 44.9 Å². The van der Waals surface area contributed by atoms with Crippen molar-refractivity contribution in [1.29, 1.82) is 0 Å². The fraction of sp³-hybridized carbons (Fsp3) is 0.895. The largest absolute Gasteiger partial charge is 0.379 e. The van der Waals surface area contributed by atoms with Crippen molar-refractivity contribution in [2.75, 3.05) is 71.6 Å². The van der Waals surface area contributed by atoms with E-state index < -0.39 is 15.1 Å². The number of hydrogen-bond acceptors (Lipinski definition) is 8. The molecule has 0 bridgehead atoms. The van der Waals surface area contributed by atoms with Gasteiger partial charge in [0.2, 0.25) is 11.8 Å². The molecule has 12 heteroatoms. The van der Waals surface area contributed by atoms with Crippen molar-refractivity contribution in [3.63, 3.8) is 0 Å². The van der Waals surface area contributed by atoms with Crippen LogP contribution in [0.15, 0.2) is 0 Å². The van der Waals surface area contributed by atoms with Crippen LogP contribution in [0.2, 0.25) is 0 Å². The maximum Gasteiger partial charge on any atom is 0.319 e. The second-order valence-corrected chi connectivity index (χ2v) is 9.92. The monoisotopic (exact) mass is 486 g/mol. The van der Waals surface area contributed by atoms with Crippen molar-refractivity contribution >= 4 is 31.8 Å². The quantitative estimate of drug-likeness (QED) is 0.125. The van der Waals surface area contributed by atoms with E-state index in [0.717, 1.165) is 0 Å². The van der Waals surface area contributed by atoms with Gasteiger partial charge in [0.25, 0.3) is 0 Å². The molecule has 31 heavy (non-hydrogen) atoms. The van der Waals surface area contributed by atoms with Crippen LogP contribution in [-0.4, -0.2) is 106 Å². The summed E-state index contributed by atoms with van der Waals surface area (Å²) in [5, 5.41) is 0. The molecule has 184 valence electrons. The fourth-order valence-corrected chi connectivity index (χ4v) is 4.04. The van der Waals surface area contributed by atoms with Crippen molar-refractivity contribution < 1.29 is 36.8 Å². The number of carbonyl (C=O) groups is 2. The Morgan fingerprint density at radius 3 is 1.55 bits per heavy atom. The van der Waals surface area contributed by atoms with E-state index >= 15 is 0 Å². The normalized spacial score (nSPS) is 11.7. The summed E-state index contributed by atoms with van der Waals surface area (Å²) in [6, 6.07) is 0. The van der Waals surface area contributed by atoms with Gasteiger partial charge in [0, 0.05) is 38.5 Å². The van der Waals surface area contributed by atoms with Crippen LogP contribution < -0.4 is 0 Å². The highest BCUT2D eigenvalue weighted by Gasteiger charge is 2.31. The molecule has 0 unspecified atom stereocenters. The van der Waals surface area contributed by atoms with Crippen LogP contribution in [0.4, 0.5) is 0 Å². The molecule has 0 aliphatic carbocycles. The second-order valence-electron chi connectivity index (χ2n) is 6.45. The van der Waals surface area contributed by atoms with Crippen LogP contribution in [0.5, 0.6) is 0 Å². The Morgan fingerprint density at radius 2 is 1.16 bits per heavy atom. The third kappa shape index (κ3) is 14.0. The average molecular weight is 487 g/mol. The highest BCUT2D eigenvalue weighted by Crippen LogP contribution is 2.13. The van der Waals surface area contributed by atoms with Crippen LogP contribution in [-0.2, 0) is 32.9 Å². The van der Waals surface area contributed by atoms with Crippen molar-refractivity contribution in [2.45, 2.75) is 34.1 Å². The second kappa shape index (κ2) is 17.6. The van der Waals surface area contributed by atoms with Crippen molar-refractivity contribution in [3.8, 4) is 0 Å². The molecule has 0 saturated carbocycles. The minimum atomic E-state index is -4.03. The van der Waals surface area contributed by atoms with Gasteiger partial charge in [-0.25, -0.2) is 0 Å². The first-order valence-electron chi connectivity index (χ1n) is 10.6. The Morgan fingerprint density at radius 1 is 0.774 bits per heavy atom. The number of carbonyl (C=O) groups excluding carboxylic acids is 2. The summed E-state index contributed by atoms with van der Waals surface area (Å²) in [6.45, 7) is 11.5. The molecule has 0 radical (unpaired) electrons. The van der Waals surface area contributed by atoms with E-state index in [9.17, 15) is 18.0 Å². The number of nitrogens with zero attached hydrogens (tertiary/aromatic N) is 2. The standard InChI is InChI=1S/C19H38N2O8S2/c1-5-20(6-2)18(22)17(19(23)21(7-3)8-4)9-10-27-11-12-28-13-14-29-15-16-30-31(24,25)26/h17H,5-16H2,1-4H3,(H,24,25,26). The summed E-state index contributed by atoms with van der Waals surface area (Å²) < 4.78 is 45.7. The topological polar surface area (TPSA) is 123 Å². The average Bonchev–Trinajstić information content (AvgIpc) is 2.72. The minimum Gasteiger partial charge on any atom is -0.379 e. The molecule has 0 aromatic carbocycles. The predicted octanol–water partition coefficient (Wildman–Crippen LogP) is 1.32. The maximum atomic E-state index is 12.8. The summed E-state index contributed by atoms with van der Waals surface area (Å²) in [7, 11) is -3.61. The Hall–Kier alpha value is -0.920. The third-order valence-electron chi connectivity index (χ3n) is 4.50. The first-order valence-corrected chi connectivity index (χ1v) is 13.6. The summed E-state index contributed by atoms with van der Waals surface area (Å²) in [5.74, 6) is -0.923. The molecule has 0 fully saturated rings. The van der Waals surface area contributed by atoms with Crippen molar-refractivity contribution in [2.24, 2.45) is 5.92 Å². The molecule has 0 heterocycles. The van der Waals surface area contributed by atoms with Crippen LogP contribution in [0.25, 0.3) is 0 Å². The van der Waals surface area contributed by atoms with Gasteiger partial charge in [-0.15, -0.1) is 0 Å². The smallest absolute Gasteiger partial charge is 0.319 e.